The van der Waals surface area contributed by atoms with Crippen LogP contribution in [0.5, 0.6) is 0 Å². The first-order chi connectivity index (χ1) is 11.0. The zero-order chi connectivity index (χ0) is 16.8. The molecule has 2 amide bonds. The summed E-state index contributed by atoms with van der Waals surface area (Å²) in [4.78, 5) is 25.8. The molecule has 1 atom stereocenters. The van der Waals surface area contributed by atoms with E-state index < -0.39 is 5.82 Å². The molecule has 0 spiro atoms. The first kappa shape index (κ1) is 17.7. The van der Waals surface area contributed by atoms with Crippen LogP contribution in [0.1, 0.15) is 43.0 Å². The summed E-state index contributed by atoms with van der Waals surface area (Å²) in [5.41, 5.74) is 0.323. The van der Waals surface area contributed by atoms with Crippen LogP contribution >= 0.6 is 11.6 Å². The summed E-state index contributed by atoms with van der Waals surface area (Å²) >= 11 is 5.97. The fourth-order valence-electron chi connectivity index (χ4n) is 2.82. The number of benzene rings is 1. The molecule has 23 heavy (non-hydrogen) atoms. The highest BCUT2D eigenvalue weighted by molar-refractivity contribution is 6.33. The van der Waals surface area contributed by atoms with Crippen molar-refractivity contribution in [3.05, 3.63) is 34.6 Å². The van der Waals surface area contributed by atoms with E-state index in [9.17, 15) is 14.0 Å². The number of hydrogen-bond acceptors (Lipinski definition) is 2. The molecule has 1 fully saturated rings. The van der Waals surface area contributed by atoms with Crippen molar-refractivity contribution in [2.45, 2.75) is 32.6 Å². The lowest BCUT2D eigenvalue weighted by atomic mass is 9.97. The van der Waals surface area contributed by atoms with Crippen molar-refractivity contribution in [1.29, 1.82) is 0 Å². The molecule has 1 N–H and O–H groups in total. The molecule has 6 heteroatoms. The first-order valence-corrected chi connectivity index (χ1v) is 8.40. The van der Waals surface area contributed by atoms with Crippen LogP contribution in [0.2, 0.25) is 5.02 Å². The Morgan fingerprint density at radius 2 is 2.22 bits per heavy atom. The van der Waals surface area contributed by atoms with Gasteiger partial charge in [-0.2, -0.15) is 0 Å². The summed E-state index contributed by atoms with van der Waals surface area (Å²) < 4.78 is 13.1. The fourth-order valence-corrected chi connectivity index (χ4v) is 3.07. The topological polar surface area (TPSA) is 49.4 Å². The summed E-state index contributed by atoms with van der Waals surface area (Å²) in [5.74, 6) is -0.341. The molecular formula is C17H22ClFN2O2. The lowest BCUT2D eigenvalue weighted by Gasteiger charge is -2.33. The number of hydrogen-bond donors (Lipinski definition) is 1. The van der Waals surface area contributed by atoms with Crippen LogP contribution in [0.3, 0.4) is 0 Å². The van der Waals surface area contributed by atoms with Gasteiger partial charge in [0.25, 0.3) is 5.91 Å². The Kier molecular flexibility index (Phi) is 6.39. The number of halogens is 2. The molecule has 0 radical (unpaired) electrons. The second kappa shape index (κ2) is 8.29. The predicted molar refractivity (Wildman–Crippen MR) is 88.0 cm³/mol. The zero-order valence-electron chi connectivity index (χ0n) is 13.3. The van der Waals surface area contributed by atoms with Gasteiger partial charge in [0.2, 0.25) is 5.91 Å². The van der Waals surface area contributed by atoms with Crippen molar-refractivity contribution in [2.24, 2.45) is 5.92 Å². The van der Waals surface area contributed by atoms with Crippen molar-refractivity contribution in [3.8, 4) is 0 Å². The molecule has 1 aliphatic rings. The Hall–Kier alpha value is -1.62. The van der Waals surface area contributed by atoms with Crippen molar-refractivity contribution < 1.29 is 14.0 Å². The number of nitrogens with one attached hydrogen (secondary N) is 1. The first-order valence-electron chi connectivity index (χ1n) is 8.02. The molecule has 2 rings (SSSR count). The molecule has 1 aliphatic heterocycles. The second-order valence-corrected chi connectivity index (χ2v) is 6.34. The molecule has 0 bridgehead atoms. The van der Waals surface area contributed by atoms with Gasteiger partial charge in [0.05, 0.1) is 10.6 Å². The second-order valence-electron chi connectivity index (χ2n) is 5.94. The Bertz CT molecular complexity index is 580. The maximum atomic E-state index is 13.1. The van der Waals surface area contributed by atoms with E-state index in [-0.39, 0.29) is 22.8 Å². The van der Waals surface area contributed by atoms with Crippen LogP contribution in [-0.2, 0) is 4.79 Å². The third-order valence-electron chi connectivity index (χ3n) is 4.03. The van der Waals surface area contributed by atoms with Gasteiger partial charge in [0.1, 0.15) is 5.82 Å². The highest BCUT2D eigenvalue weighted by atomic mass is 35.5. The Balaban J connectivity index is 1.95. The Morgan fingerprint density at radius 1 is 1.43 bits per heavy atom. The van der Waals surface area contributed by atoms with E-state index in [1.54, 1.807) is 4.90 Å². The average molecular weight is 341 g/mol. The summed E-state index contributed by atoms with van der Waals surface area (Å²) in [7, 11) is 0. The predicted octanol–water partition coefficient (Wildman–Crippen LogP) is 3.25. The van der Waals surface area contributed by atoms with Crippen LogP contribution in [0.15, 0.2) is 18.2 Å². The minimum atomic E-state index is -0.457. The van der Waals surface area contributed by atoms with Gasteiger partial charge in [-0.15, -0.1) is 0 Å². The number of amides is 2. The fraction of sp³-hybridized carbons (Fsp3) is 0.529. The number of piperidine rings is 1. The van der Waals surface area contributed by atoms with Crippen LogP contribution < -0.4 is 5.32 Å². The van der Waals surface area contributed by atoms with E-state index in [0.29, 0.717) is 31.6 Å². The zero-order valence-corrected chi connectivity index (χ0v) is 14.0. The van der Waals surface area contributed by atoms with Gasteiger partial charge in [0, 0.05) is 26.1 Å². The van der Waals surface area contributed by atoms with Crippen LogP contribution in [0.25, 0.3) is 0 Å². The third-order valence-corrected chi connectivity index (χ3v) is 4.35. The molecule has 1 heterocycles. The van der Waals surface area contributed by atoms with E-state index in [2.05, 4.69) is 5.32 Å². The summed E-state index contributed by atoms with van der Waals surface area (Å²) in [5, 5.41) is 3.05. The maximum absolute atomic E-state index is 13.1. The van der Waals surface area contributed by atoms with E-state index in [4.69, 9.17) is 11.6 Å². The smallest absolute Gasteiger partial charge is 0.255 e. The molecule has 1 aromatic rings. The third kappa shape index (κ3) is 4.93. The van der Waals surface area contributed by atoms with Gasteiger partial charge in [-0.1, -0.05) is 18.5 Å². The van der Waals surface area contributed by atoms with Crippen molar-refractivity contribution in [2.75, 3.05) is 19.6 Å². The number of nitrogens with zero attached hydrogens (tertiary/aromatic N) is 1. The monoisotopic (exact) mass is 340 g/mol. The van der Waals surface area contributed by atoms with E-state index in [1.807, 2.05) is 6.92 Å². The minimum absolute atomic E-state index is 0.0533. The normalized spacial score (nSPS) is 17.9. The number of carbonyl (C=O) groups is 2. The molecule has 0 saturated carbocycles. The number of carbonyl (C=O) groups excluding carboxylic acids is 2. The van der Waals surface area contributed by atoms with Crippen molar-refractivity contribution in [3.63, 3.8) is 0 Å². The summed E-state index contributed by atoms with van der Waals surface area (Å²) in [6.07, 6.45) is 3.22. The van der Waals surface area contributed by atoms with Crippen molar-refractivity contribution >= 4 is 23.4 Å². The molecule has 126 valence electrons. The van der Waals surface area contributed by atoms with Gasteiger partial charge in [-0.25, -0.2) is 4.39 Å². The largest absolute Gasteiger partial charge is 0.356 e. The highest BCUT2D eigenvalue weighted by Gasteiger charge is 2.26. The lowest BCUT2D eigenvalue weighted by Crippen LogP contribution is -2.43. The highest BCUT2D eigenvalue weighted by Crippen LogP contribution is 2.23. The van der Waals surface area contributed by atoms with E-state index in [1.165, 1.54) is 12.1 Å². The van der Waals surface area contributed by atoms with E-state index >= 15 is 0 Å². The van der Waals surface area contributed by atoms with Crippen LogP contribution in [0, 0.1) is 11.7 Å². The lowest BCUT2D eigenvalue weighted by molar-refractivity contribution is -0.121. The number of rotatable bonds is 5. The Labute approximate surface area is 141 Å². The molecule has 1 aromatic carbocycles. The minimum Gasteiger partial charge on any atom is -0.356 e. The number of likely N-dealkylation sites (tertiary alicyclic amines) is 1. The summed E-state index contributed by atoms with van der Waals surface area (Å²) in [6, 6.07) is 3.82. The maximum Gasteiger partial charge on any atom is 0.255 e. The average Bonchev–Trinajstić information content (AvgIpc) is 2.53. The van der Waals surface area contributed by atoms with Crippen molar-refractivity contribution in [1.82, 2.24) is 10.2 Å². The van der Waals surface area contributed by atoms with E-state index in [0.717, 1.165) is 25.3 Å². The van der Waals surface area contributed by atoms with Gasteiger partial charge >= 0.3 is 0 Å². The SMILES string of the molecule is CCCC(=O)NC[C@@H]1CCCN(C(=O)c2ccc(F)cc2Cl)C1. The quantitative estimate of drug-likeness (QED) is 0.894. The van der Waals surface area contributed by atoms with Gasteiger partial charge in [-0.3, -0.25) is 9.59 Å². The standard InChI is InChI=1S/C17H22ClFN2O2/c1-2-4-16(22)20-10-12-5-3-8-21(11-12)17(23)14-7-6-13(19)9-15(14)18/h6-7,9,12H,2-5,8,10-11H2,1H3,(H,20,22)/t12-/m0/s1. The van der Waals surface area contributed by atoms with Gasteiger partial charge < -0.3 is 10.2 Å². The van der Waals surface area contributed by atoms with Gasteiger partial charge in [0.15, 0.2) is 0 Å². The molecule has 4 nitrogen and oxygen atoms in total. The molecular weight excluding hydrogens is 319 g/mol. The van der Waals surface area contributed by atoms with Crippen LogP contribution in [-0.4, -0.2) is 36.3 Å². The molecule has 0 unspecified atom stereocenters. The van der Waals surface area contributed by atoms with Crippen LogP contribution in [0.4, 0.5) is 4.39 Å². The molecule has 1 saturated heterocycles. The summed E-state index contributed by atoms with van der Waals surface area (Å²) in [6.45, 7) is 3.79. The molecule has 0 aliphatic carbocycles. The molecule has 0 aromatic heterocycles. The Morgan fingerprint density at radius 3 is 2.91 bits per heavy atom. The van der Waals surface area contributed by atoms with Gasteiger partial charge in [-0.05, 0) is 43.4 Å².